The number of aromatic nitrogens is 2. The Morgan fingerprint density at radius 1 is 1.16 bits per heavy atom. The van der Waals surface area contributed by atoms with E-state index in [1.807, 2.05) is 0 Å². The molecule has 3 rings (SSSR count). The van der Waals surface area contributed by atoms with E-state index in [0.29, 0.717) is 30.9 Å². The topological polar surface area (TPSA) is 85.1 Å². The summed E-state index contributed by atoms with van der Waals surface area (Å²) < 4.78 is 42.3. The van der Waals surface area contributed by atoms with Crippen molar-refractivity contribution >= 4 is 5.95 Å². The normalized spacial score (nSPS) is 16.2. The quantitative estimate of drug-likeness (QED) is 0.547. The van der Waals surface area contributed by atoms with Crippen LogP contribution in [0.2, 0.25) is 0 Å². The summed E-state index contributed by atoms with van der Waals surface area (Å²) in [5.74, 6) is 5.39. The first-order valence-corrected chi connectivity index (χ1v) is 7.80. The standard InChI is InChI=1S/C16H18F3N5O/c17-16(18,19)25-13-5-2-1-4-12(13)15(6-3-7-15)24-14-21-8-11(9-22-14)10-23-20/h1-2,4-5,8-9,23H,3,6-7,10,20H2,(H,21,22,24). The van der Waals surface area contributed by atoms with Crippen molar-refractivity contribution in [2.45, 2.75) is 37.7 Å². The molecule has 1 saturated carbocycles. The van der Waals surface area contributed by atoms with Gasteiger partial charge in [0.1, 0.15) is 5.75 Å². The van der Waals surface area contributed by atoms with Crippen molar-refractivity contribution < 1.29 is 17.9 Å². The monoisotopic (exact) mass is 353 g/mol. The Morgan fingerprint density at radius 2 is 1.84 bits per heavy atom. The third-order valence-corrected chi connectivity index (χ3v) is 4.20. The number of nitrogens with two attached hydrogens (primary N) is 1. The van der Waals surface area contributed by atoms with Gasteiger partial charge in [0.15, 0.2) is 0 Å². The van der Waals surface area contributed by atoms with Crippen LogP contribution in [-0.2, 0) is 12.1 Å². The van der Waals surface area contributed by atoms with Crippen molar-refractivity contribution in [1.82, 2.24) is 15.4 Å². The number of nitrogens with one attached hydrogen (secondary N) is 2. The van der Waals surface area contributed by atoms with Crippen LogP contribution in [-0.4, -0.2) is 16.3 Å². The van der Waals surface area contributed by atoms with E-state index in [-0.39, 0.29) is 5.75 Å². The molecule has 2 aromatic rings. The molecule has 9 heteroatoms. The lowest BCUT2D eigenvalue weighted by atomic mass is 9.71. The highest BCUT2D eigenvalue weighted by Gasteiger charge is 2.43. The number of hydrogen-bond donors (Lipinski definition) is 3. The zero-order valence-corrected chi connectivity index (χ0v) is 13.3. The molecular formula is C16H18F3N5O. The SMILES string of the molecule is NNCc1cnc(NC2(c3ccccc3OC(F)(F)F)CCC2)nc1. The van der Waals surface area contributed by atoms with Crippen molar-refractivity contribution in [1.29, 1.82) is 0 Å². The number of para-hydroxylation sites is 1. The first-order chi connectivity index (χ1) is 11.9. The molecule has 134 valence electrons. The number of rotatable bonds is 6. The minimum absolute atomic E-state index is 0.203. The third kappa shape index (κ3) is 3.99. The van der Waals surface area contributed by atoms with Crippen LogP contribution in [0.4, 0.5) is 19.1 Å². The first kappa shape index (κ1) is 17.4. The van der Waals surface area contributed by atoms with Crippen LogP contribution in [0.15, 0.2) is 36.7 Å². The van der Waals surface area contributed by atoms with E-state index in [9.17, 15) is 13.2 Å². The molecule has 1 aliphatic carbocycles. The molecule has 1 aliphatic rings. The Morgan fingerprint density at radius 3 is 2.40 bits per heavy atom. The summed E-state index contributed by atoms with van der Waals surface area (Å²) in [6.07, 6.45) is 0.706. The largest absolute Gasteiger partial charge is 0.573 e. The minimum atomic E-state index is -4.74. The van der Waals surface area contributed by atoms with Crippen molar-refractivity contribution in [2.75, 3.05) is 5.32 Å². The van der Waals surface area contributed by atoms with Gasteiger partial charge in [-0.25, -0.2) is 9.97 Å². The van der Waals surface area contributed by atoms with E-state index in [2.05, 4.69) is 25.4 Å². The second-order valence-corrected chi connectivity index (χ2v) is 5.90. The highest BCUT2D eigenvalue weighted by atomic mass is 19.4. The van der Waals surface area contributed by atoms with Gasteiger partial charge in [0, 0.05) is 30.1 Å². The molecule has 1 aromatic heterocycles. The van der Waals surface area contributed by atoms with Crippen molar-refractivity contribution in [3.05, 3.63) is 47.8 Å². The fourth-order valence-electron chi connectivity index (χ4n) is 2.91. The van der Waals surface area contributed by atoms with Gasteiger partial charge in [-0.2, -0.15) is 0 Å². The number of nitrogens with zero attached hydrogens (tertiary/aromatic N) is 2. The van der Waals surface area contributed by atoms with E-state index >= 15 is 0 Å². The zero-order valence-electron chi connectivity index (χ0n) is 13.3. The van der Waals surface area contributed by atoms with E-state index in [0.717, 1.165) is 12.0 Å². The van der Waals surface area contributed by atoms with Crippen molar-refractivity contribution in [2.24, 2.45) is 5.84 Å². The predicted octanol–water partition coefficient (Wildman–Crippen LogP) is 2.83. The molecular weight excluding hydrogens is 335 g/mol. The Bertz CT molecular complexity index is 716. The molecule has 6 nitrogen and oxygen atoms in total. The summed E-state index contributed by atoms with van der Waals surface area (Å²) >= 11 is 0. The van der Waals surface area contributed by atoms with Crippen LogP contribution in [0.1, 0.15) is 30.4 Å². The highest BCUT2D eigenvalue weighted by Crippen LogP contribution is 2.47. The molecule has 0 aliphatic heterocycles. The number of anilines is 1. The average molecular weight is 353 g/mol. The van der Waals surface area contributed by atoms with Gasteiger partial charge in [-0.3, -0.25) is 11.3 Å². The fraction of sp³-hybridized carbons (Fsp3) is 0.375. The van der Waals surface area contributed by atoms with Gasteiger partial charge < -0.3 is 10.1 Å². The second kappa shape index (κ2) is 6.85. The second-order valence-electron chi connectivity index (χ2n) is 5.90. The summed E-state index contributed by atoms with van der Waals surface area (Å²) in [6, 6.07) is 6.17. The number of hydrogen-bond acceptors (Lipinski definition) is 6. The van der Waals surface area contributed by atoms with Crippen molar-refractivity contribution in [3.8, 4) is 5.75 Å². The molecule has 0 radical (unpaired) electrons. The molecule has 1 heterocycles. The maximum absolute atomic E-state index is 12.7. The number of ether oxygens (including phenoxy) is 1. The van der Waals surface area contributed by atoms with E-state index in [4.69, 9.17) is 5.84 Å². The molecule has 0 amide bonds. The number of hydrazine groups is 1. The lowest BCUT2D eigenvalue weighted by molar-refractivity contribution is -0.275. The predicted molar refractivity (Wildman–Crippen MR) is 85.3 cm³/mol. The van der Waals surface area contributed by atoms with E-state index in [1.165, 1.54) is 12.1 Å². The maximum atomic E-state index is 12.7. The number of benzene rings is 1. The summed E-state index contributed by atoms with van der Waals surface area (Å²) in [7, 11) is 0. The molecule has 4 N–H and O–H groups in total. The molecule has 1 fully saturated rings. The summed E-state index contributed by atoms with van der Waals surface area (Å²) in [5, 5.41) is 3.18. The lowest BCUT2D eigenvalue weighted by Crippen LogP contribution is -2.43. The van der Waals surface area contributed by atoms with Crippen LogP contribution in [0.5, 0.6) is 5.75 Å². The van der Waals surface area contributed by atoms with Crippen LogP contribution in [0, 0.1) is 0 Å². The van der Waals surface area contributed by atoms with Crippen molar-refractivity contribution in [3.63, 3.8) is 0 Å². The van der Waals surface area contributed by atoms with Crippen LogP contribution < -0.4 is 21.3 Å². The van der Waals surface area contributed by atoms with Gasteiger partial charge in [0.05, 0.1) is 5.54 Å². The Balaban J connectivity index is 1.86. The van der Waals surface area contributed by atoms with E-state index in [1.54, 1.807) is 24.5 Å². The maximum Gasteiger partial charge on any atom is 0.573 e. The Hall–Kier alpha value is -2.39. The Labute approximate surface area is 142 Å². The molecule has 0 atom stereocenters. The molecule has 0 bridgehead atoms. The molecule has 25 heavy (non-hydrogen) atoms. The van der Waals surface area contributed by atoms with E-state index < -0.39 is 11.9 Å². The van der Waals surface area contributed by atoms with Gasteiger partial charge in [0.2, 0.25) is 5.95 Å². The van der Waals surface area contributed by atoms with Crippen LogP contribution in [0.25, 0.3) is 0 Å². The first-order valence-electron chi connectivity index (χ1n) is 7.80. The number of alkyl halides is 3. The number of halogens is 3. The molecule has 0 saturated heterocycles. The summed E-state index contributed by atoms with van der Waals surface area (Å²) in [6.45, 7) is 0.424. The minimum Gasteiger partial charge on any atom is -0.405 e. The zero-order chi connectivity index (χ0) is 17.9. The summed E-state index contributed by atoms with van der Waals surface area (Å²) in [5.41, 5.74) is 3.09. The van der Waals surface area contributed by atoms with Crippen LogP contribution in [0.3, 0.4) is 0 Å². The Kier molecular flexibility index (Phi) is 4.78. The van der Waals surface area contributed by atoms with Gasteiger partial charge >= 0.3 is 6.36 Å². The lowest BCUT2D eigenvalue weighted by Gasteiger charge is -2.43. The van der Waals surface area contributed by atoms with Gasteiger partial charge in [-0.15, -0.1) is 13.2 Å². The highest BCUT2D eigenvalue weighted by molar-refractivity contribution is 5.46. The van der Waals surface area contributed by atoms with Gasteiger partial charge in [-0.05, 0) is 25.3 Å². The average Bonchev–Trinajstić information content (AvgIpc) is 2.52. The molecule has 1 aromatic carbocycles. The van der Waals surface area contributed by atoms with Gasteiger partial charge in [0.25, 0.3) is 0 Å². The van der Waals surface area contributed by atoms with Gasteiger partial charge in [-0.1, -0.05) is 18.2 Å². The third-order valence-electron chi connectivity index (χ3n) is 4.20. The summed E-state index contributed by atoms with van der Waals surface area (Å²) in [4.78, 5) is 8.43. The van der Waals surface area contributed by atoms with Crippen LogP contribution >= 0.6 is 0 Å². The molecule has 0 spiro atoms. The fourth-order valence-corrected chi connectivity index (χ4v) is 2.91. The molecule has 0 unspecified atom stereocenters. The smallest absolute Gasteiger partial charge is 0.405 e.